The van der Waals surface area contributed by atoms with E-state index in [1.165, 1.54) is 47.9 Å². The lowest BCUT2D eigenvalue weighted by Crippen LogP contribution is -2.33. The van der Waals surface area contributed by atoms with Crippen LogP contribution in [0.25, 0.3) is 0 Å². The monoisotopic (exact) mass is 260 g/mol. The van der Waals surface area contributed by atoms with Crippen LogP contribution in [0.4, 0.5) is 0 Å². The molecular formula is C17H28N2. The largest absolute Gasteiger partial charge is 0.328 e. The third-order valence-corrected chi connectivity index (χ3v) is 4.65. The number of hydrogen-bond donors (Lipinski definition) is 2. The molecule has 0 aliphatic heterocycles. The summed E-state index contributed by atoms with van der Waals surface area (Å²) >= 11 is 0. The van der Waals surface area contributed by atoms with Gasteiger partial charge in [-0.2, -0.15) is 0 Å². The average Bonchev–Trinajstić information content (AvgIpc) is 2.35. The molecule has 3 N–H and O–H groups in total. The Bertz CT molecular complexity index is 408. The van der Waals surface area contributed by atoms with Crippen LogP contribution in [-0.2, 0) is 0 Å². The average molecular weight is 260 g/mol. The molecule has 2 heteroatoms. The van der Waals surface area contributed by atoms with Gasteiger partial charge in [0.2, 0.25) is 0 Å². The molecular weight excluding hydrogens is 232 g/mol. The van der Waals surface area contributed by atoms with Crippen LogP contribution in [-0.4, -0.2) is 13.1 Å². The SMILES string of the molecule is CNC(c1c(C)cc(C)cc1C)C1CCC(N)CC1. The number of nitrogens with two attached hydrogens (primary N) is 1. The number of rotatable bonds is 3. The van der Waals surface area contributed by atoms with Gasteiger partial charge in [-0.05, 0) is 76.1 Å². The molecule has 1 aromatic rings. The van der Waals surface area contributed by atoms with Gasteiger partial charge < -0.3 is 11.1 Å². The minimum absolute atomic E-state index is 0.425. The first kappa shape index (κ1) is 14.5. The molecule has 106 valence electrons. The Labute approximate surface area is 117 Å². The van der Waals surface area contributed by atoms with E-state index in [2.05, 4.69) is 45.3 Å². The lowest BCUT2D eigenvalue weighted by atomic mass is 9.77. The summed E-state index contributed by atoms with van der Waals surface area (Å²) < 4.78 is 0. The van der Waals surface area contributed by atoms with Crippen molar-refractivity contribution < 1.29 is 0 Å². The maximum Gasteiger partial charge on any atom is 0.0351 e. The van der Waals surface area contributed by atoms with Crippen LogP contribution in [0.15, 0.2) is 12.1 Å². The normalized spacial score (nSPS) is 25.3. The van der Waals surface area contributed by atoms with Gasteiger partial charge >= 0.3 is 0 Å². The molecule has 0 bridgehead atoms. The highest BCUT2D eigenvalue weighted by atomic mass is 14.9. The standard InChI is InChI=1S/C17H28N2/c1-11-9-12(2)16(13(3)10-11)17(19-4)14-5-7-15(18)8-6-14/h9-10,14-15,17,19H,5-8,18H2,1-4H3. The van der Waals surface area contributed by atoms with Crippen molar-refractivity contribution in [2.24, 2.45) is 11.7 Å². The molecule has 1 atom stereocenters. The summed E-state index contributed by atoms with van der Waals surface area (Å²) in [5, 5.41) is 3.56. The fourth-order valence-corrected chi connectivity index (χ4v) is 3.78. The zero-order chi connectivity index (χ0) is 14.0. The molecule has 1 fully saturated rings. The van der Waals surface area contributed by atoms with Gasteiger partial charge in [0.1, 0.15) is 0 Å². The van der Waals surface area contributed by atoms with E-state index in [4.69, 9.17) is 5.73 Å². The van der Waals surface area contributed by atoms with Crippen molar-refractivity contribution in [2.75, 3.05) is 7.05 Å². The predicted octanol–water partition coefficient (Wildman–Crippen LogP) is 3.39. The van der Waals surface area contributed by atoms with E-state index in [1.807, 2.05) is 0 Å². The van der Waals surface area contributed by atoms with Gasteiger partial charge in [-0.1, -0.05) is 17.7 Å². The molecule has 0 aromatic heterocycles. The quantitative estimate of drug-likeness (QED) is 0.874. The van der Waals surface area contributed by atoms with Gasteiger partial charge in [0, 0.05) is 12.1 Å². The molecule has 0 radical (unpaired) electrons. The number of benzene rings is 1. The van der Waals surface area contributed by atoms with Crippen LogP contribution in [0.2, 0.25) is 0 Å². The van der Waals surface area contributed by atoms with Gasteiger partial charge in [0.15, 0.2) is 0 Å². The second-order valence-corrected chi connectivity index (χ2v) is 6.25. The maximum absolute atomic E-state index is 6.04. The van der Waals surface area contributed by atoms with Crippen molar-refractivity contribution in [3.63, 3.8) is 0 Å². The van der Waals surface area contributed by atoms with Gasteiger partial charge in [-0.3, -0.25) is 0 Å². The first-order chi connectivity index (χ1) is 9.02. The first-order valence-corrected chi connectivity index (χ1v) is 7.53. The summed E-state index contributed by atoms with van der Waals surface area (Å²) in [6.45, 7) is 6.67. The first-order valence-electron chi connectivity index (χ1n) is 7.53. The molecule has 2 rings (SSSR count). The fraction of sp³-hybridized carbons (Fsp3) is 0.647. The third-order valence-electron chi connectivity index (χ3n) is 4.65. The lowest BCUT2D eigenvalue weighted by molar-refractivity contribution is 0.261. The van der Waals surface area contributed by atoms with Gasteiger partial charge in [-0.15, -0.1) is 0 Å². The summed E-state index contributed by atoms with van der Waals surface area (Å²) in [4.78, 5) is 0. The topological polar surface area (TPSA) is 38.0 Å². The zero-order valence-corrected chi connectivity index (χ0v) is 12.8. The van der Waals surface area contributed by atoms with E-state index in [0.29, 0.717) is 12.1 Å². The summed E-state index contributed by atoms with van der Waals surface area (Å²) in [6, 6.07) is 5.52. The fourth-order valence-electron chi connectivity index (χ4n) is 3.78. The van der Waals surface area contributed by atoms with Crippen molar-refractivity contribution in [1.29, 1.82) is 0 Å². The Hall–Kier alpha value is -0.860. The highest BCUT2D eigenvalue weighted by Gasteiger charge is 2.28. The molecule has 19 heavy (non-hydrogen) atoms. The number of nitrogens with one attached hydrogen (secondary N) is 1. The van der Waals surface area contributed by atoms with Crippen LogP contribution in [0.3, 0.4) is 0 Å². The highest BCUT2D eigenvalue weighted by Crippen LogP contribution is 2.36. The number of hydrogen-bond acceptors (Lipinski definition) is 2. The summed E-state index contributed by atoms with van der Waals surface area (Å²) in [5.41, 5.74) is 11.8. The van der Waals surface area contributed by atoms with Crippen LogP contribution in [0.5, 0.6) is 0 Å². The summed E-state index contributed by atoms with van der Waals surface area (Å²) in [5.74, 6) is 0.727. The lowest BCUT2D eigenvalue weighted by Gasteiger charge is -2.34. The van der Waals surface area contributed by atoms with E-state index in [0.717, 1.165) is 5.92 Å². The van der Waals surface area contributed by atoms with Crippen molar-refractivity contribution in [3.05, 3.63) is 34.4 Å². The molecule has 0 amide bonds. The molecule has 1 saturated carbocycles. The Morgan fingerprint density at radius 3 is 2.05 bits per heavy atom. The summed E-state index contributed by atoms with van der Waals surface area (Å²) in [7, 11) is 2.10. The molecule has 1 aliphatic carbocycles. The van der Waals surface area contributed by atoms with E-state index < -0.39 is 0 Å². The van der Waals surface area contributed by atoms with Crippen LogP contribution < -0.4 is 11.1 Å². The van der Waals surface area contributed by atoms with Crippen LogP contribution in [0, 0.1) is 26.7 Å². The van der Waals surface area contributed by atoms with Crippen LogP contribution in [0.1, 0.15) is 54.0 Å². The molecule has 1 unspecified atom stereocenters. The molecule has 1 aromatic carbocycles. The Kier molecular flexibility index (Phi) is 4.64. The van der Waals surface area contributed by atoms with E-state index in [1.54, 1.807) is 0 Å². The molecule has 0 spiro atoms. The second kappa shape index (κ2) is 6.06. The minimum atomic E-state index is 0.425. The van der Waals surface area contributed by atoms with Crippen molar-refractivity contribution >= 4 is 0 Å². The number of aryl methyl sites for hydroxylation is 3. The van der Waals surface area contributed by atoms with Crippen molar-refractivity contribution in [2.45, 2.75) is 58.5 Å². The Morgan fingerprint density at radius 1 is 1.05 bits per heavy atom. The smallest absolute Gasteiger partial charge is 0.0351 e. The van der Waals surface area contributed by atoms with E-state index in [-0.39, 0.29) is 0 Å². The van der Waals surface area contributed by atoms with E-state index in [9.17, 15) is 0 Å². The van der Waals surface area contributed by atoms with Crippen molar-refractivity contribution in [1.82, 2.24) is 5.32 Å². The molecule has 2 nitrogen and oxygen atoms in total. The van der Waals surface area contributed by atoms with Gasteiger partial charge in [0.05, 0.1) is 0 Å². The maximum atomic E-state index is 6.04. The van der Waals surface area contributed by atoms with Gasteiger partial charge in [-0.25, -0.2) is 0 Å². The minimum Gasteiger partial charge on any atom is -0.328 e. The van der Waals surface area contributed by atoms with Crippen LogP contribution >= 0.6 is 0 Å². The highest BCUT2D eigenvalue weighted by molar-refractivity contribution is 5.40. The summed E-state index contributed by atoms with van der Waals surface area (Å²) in [6.07, 6.45) is 4.85. The Balaban J connectivity index is 2.27. The zero-order valence-electron chi connectivity index (χ0n) is 12.8. The third kappa shape index (κ3) is 3.18. The Morgan fingerprint density at radius 2 is 1.58 bits per heavy atom. The van der Waals surface area contributed by atoms with E-state index >= 15 is 0 Å². The molecule has 0 heterocycles. The predicted molar refractivity (Wildman–Crippen MR) is 82.4 cm³/mol. The molecule has 1 aliphatic rings. The van der Waals surface area contributed by atoms with Crippen molar-refractivity contribution in [3.8, 4) is 0 Å². The van der Waals surface area contributed by atoms with Gasteiger partial charge in [0.25, 0.3) is 0 Å². The molecule has 0 saturated heterocycles. The second-order valence-electron chi connectivity index (χ2n) is 6.25.